The number of aryl methyl sites for hydroxylation is 2. The molecule has 2 fully saturated rings. The topological polar surface area (TPSA) is 52.7 Å². The zero-order chi connectivity index (χ0) is 18.0. The van der Waals surface area contributed by atoms with Crippen LogP contribution in [0.25, 0.3) is 0 Å². The Kier molecular flexibility index (Phi) is 5.25. The van der Waals surface area contributed by atoms with E-state index in [2.05, 4.69) is 5.32 Å². The van der Waals surface area contributed by atoms with Crippen molar-refractivity contribution in [2.45, 2.75) is 51.7 Å². The van der Waals surface area contributed by atoms with Gasteiger partial charge in [-0.3, -0.25) is 4.79 Å². The molecule has 0 spiro atoms. The molecule has 2 aliphatic rings. The SMILES string of the molecule is Cc1ccc(NC(=O)N2C[C@@H](F)C[C@H]2C(=O)N2CCCCC2)cc1C. The average molecular weight is 347 g/mol. The number of hydrogen-bond acceptors (Lipinski definition) is 2. The van der Waals surface area contributed by atoms with E-state index < -0.39 is 18.2 Å². The Labute approximate surface area is 148 Å². The minimum Gasteiger partial charge on any atom is -0.341 e. The standard InChI is InChI=1S/C19H26FN3O2/c1-13-6-7-16(10-14(13)2)21-19(25)23-12-15(20)11-17(23)18(24)22-8-4-3-5-9-22/h6-7,10,15,17H,3-5,8-9,11-12H2,1-2H3,(H,21,25)/t15-,17-/m0/s1. The molecule has 1 aromatic carbocycles. The van der Waals surface area contributed by atoms with Crippen LogP contribution < -0.4 is 5.32 Å². The van der Waals surface area contributed by atoms with Gasteiger partial charge < -0.3 is 15.1 Å². The number of anilines is 1. The highest BCUT2D eigenvalue weighted by Gasteiger charge is 2.41. The van der Waals surface area contributed by atoms with E-state index in [0.717, 1.165) is 30.4 Å². The van der Waals surface area contributed by atoms with E-state index in [9.17, 15) is 14.0 Å². The van der Waals surface area contributed by atoms with Gasteiger partial charge in [-0.2, -0.15) is 0 Å². The van der Waals surface area contributed by atoms with E-state index in [-0.39, 0.29) is 18.9 Å². The van der Waals surface area contributed by atoms with E-state index in [0.29, 0.717) is 18.8 Å². The quantitative estimate of drug-likeness (QED) is 0.893. The minimum atomic E-state index is -1.15. The molecule has 136 valence electrons. The molecule has 0 aliphatic carbocycles. The van der Waals surface area contributed by atoms with Crippen LogP contribution in [0.4, 0.5) is 14.9 Å². The van der Waals surface area contributed by atoms with Crippen molar-refractivity contribution in [3.8, 4) is 0 Å². The van der Waals surface area contributed by atoms with Crippen molar-refractivity contribution in [3.63, 3.8) is 0 Å². The van der Waals surface area contributed by atoms with Crippen LogP contribution in [0, 0.1) is 13.8 Å². The third-order valence-electron chi connectivity index (χ3n) is 5.22. The maximum absolute atomic E-state index is 14.0. The number of amides is 3. The fourth-order valence-electron chi connectivity index (χ4n) is 3.58. The zero-order valence-electron chi connectivity index (χ0n) is 14.9. The normalized spacial score (nSPS) is 23.6. The molecular formula is C19H26FN3O2. The molecule has 2 heterocycles. The fraction of sp³-hybridized carbons (Fsp3) is 0.579. The van der Waals surface area contributed by atoms with Crippen molar-refractivity contribution in [1.29, 1.82) is 0 Å². The average Bonchev–Trinajstić information content (AvgIpc) is 3.00. The molecule has 0 bridgehead atoms. The zero-order valence-corrected chi connectivity index (χ0v) is 14.9. The number of urea groups is 1. The third-order valence-corrected chi connectivity index (χ3v) is 5.22. The van der Waals surface area contributed by atoms with Gasteiger partial charge in [0.2, 0.25) is 5.91 Å². The summed E-state index contributed by atoms with van der Waals surface area (Å²) < 4.78 is 14.0. The number of carbonyl (C=O) groups excluding carboxylic acids is 2. The molecule has 0 saturated carbocycles. The number of nitrogens with zero attached hydrogens (tertiary/aromatic N) is 2. The van der Waals surface area contributed by atoms with Crippen LogP contribution in [-0.2, 0) is 4.79 Å². The van der Waals surface area contributed by atoms with Crippen LogP contribution >= 0.6 is 0 Å². The van der Waals surface area contributed by atoms with Crippen molar-refractivity contribution in [1.82, 2.24) is 9.80 Å². The van der Waals surface area contributed by atoms with E-state index in [1.807, 2.05) is 32.0 Å². The first-order valence-electron chi connectivity index (χ1n) is 9.03. The summed E-state index contributed by atoms with van der Waals surface area (Å²) in [5.74, 6) is -0.116. The molecule has 0 unspecified atom stereocenters. The molecule has 1 aromatic rings. The van der Waals surface area contributed by atoms with Crippen molar-refractivity contribution in [2.24, 2.45) is 0 Å². The Hall–Kier alpha value is -2.11. The predicted molar refractivity (Wildman–Crippen MR) is 95.4 cm³/mol. The lowest BCUT2D eigenvalue weighted by Crippen LogP contribution is -2.50. The van der Waals surface area contributed by atoms with Crippen molar-refractivity contribution >= 4 is 17.6 Å². The van der Waals surface area contributed by atoms with Crippen molar-refractivity contribution in [3.05, 3.63) is 29.3 Å². The summed E-state index contributed by atoms with van der Waals surface area (Å²) in [6.45, 7) is 5.36. The predicted octanol–water partition coefficient (Wildman–Crippen LogP) is 3.26. The number of rotatable bonds is 2. The number of benzene rings is 1. The second-order valence-corrected chi connectivity index (χ2v) is 7.12. The van der Waals surface area contributed by atoms with Gasteiger partial charge in [0.25, 0.3) is 0 Å². The summed E-state index contributed by atoms with van der Waals surface area (Å²) in [5.41, 5.74) is 2.88. The second-order valence-electron chi connectivity index (χ2n) is 7.12. The first-order valence-corrected chi connectivity index (χ1v) is 9.03. The summed E-state index contributed by atoms with van der Waals surface area (Å²) in [4.78, 5) is 28.5. The summed E-state index contributed by atoms with van der Waals surface area (Å²) >= 11 is 0. The number of likely N-dealkylation sites (tertiary alicyclic amines) is 2. The van der Waals surface area contributed by atoms with E-state index >= 15 is 0 Å². The smallest absolute Gasteiger partial charge is 0.322 e. The molecule has 3 amide bonds. The lowest BCUT2D eigenvalue weighted by atomic mass is 10.1. The molecule has 2 aliphatic heterocycles. The molecular weight excluding hydrogens is 321 g/mol. The summed E-state index contributed by atoms with van der Waals surface area (Å²) in [6.07, 6.45) is 2.02. The minimum absolute atomic E-state index is 0.0269. The number of halogens is 1. The van der Waals surface area contributed by atoms with Gasteiger partial charge >= 0.3 is 6.03 Å². The molecule has 0 aromatic heterocycles. The molecule has 25 heavy (non-hydrogen) atoms. The second kappa shape index (κ2) is 7.42. The van der Waals surface area contributed by atoms with E-state index in [4.69, 9.17) is 0 Å². The number of hydrogen-bond donors (Lipinski definition) is 1. The number of alkyl halides is 1. The summed E-state index contributed by atoms with van der Waals surface area (Å²) in [7, 11) is 0. The third kappa shape index (κ3) is 3.94. The molecule has 2 atom stereocenters. The molecule has 3 rings (SSSR count). The van der Waals surface area contributed by atoms with Gasteiger partial charge in [-0.1, -0.05) is 6.07 Å². The van der Waals surface area contributed by atoms with Gasteiger partial charge in [-0.25, -0.2) is 9.18 Å². The van der Waals surface area contributed by atoms with Crippen molar-refractivity contribution < 1.29 is 14.0 Å². The molecule has 2 saturated heterocycles. The molecule has 1 N–H and O–H groups in total. The fourth-order valence-corrected chi connectivity index (χ4v) is 3.58. The van der Waals surface area contributed by atoms with Crippen LogP contribution in [0.2, 0.25) is 0 Å². The van der Waals surface area contributed by atoms with Gasteiger partial charge in [0.1, 0.15) is 12.2 Å². The van der Waals surface area contributed by atoms with Gasteiger partial charge in [0.15, 0.2) is 0 Å². The summed E-state index contributed by atoms with van der Waals surface area (Å²) in [6, 6.07) is 4.55. The van der Waals surface area contributed by atoms with Gasteiger partial charge in [0.05, 0.1) is 6.54 Å². The lowest BCUT2D eigenvalue weighted by Gasteiger charge is -2.32. The first kappa shape index (κ1) is 17.7. The maximum atomic E-state index is 14.0. The van der Waals surface area contributed by atoms with Crippen LogP contribution in [0.3, 0.4) is 0 Å². The Balaban J connectivity index is 1.70. The highest BCUT2D eigenvalue weighted by molar-refractivity contribution is 5.94. The molecule has 6 heteroatoms. The Bertz CT molecular complexity index is 658. The Morgan fingerprint density at radius 3 is 2.52 bits per heavy atom. The van der Waals surface area contributed by atoms with E-state index in [1.165, 1.54) is 4.90 Å². The highest BCUT2D eigenvalue weighted by Crippen LogP contribution is 2.25. The number of carbonyl (C=O) groups is 2. The van der Waals surface area contributed by atoms with Gasteiger partial charge in [-0.15, -0.1) is 0 Å². The van der Waals surface area contributed by atoms with Crippen LogP contribution in [0.5, 0.6) is 0 Å². The van der Waals surface area contributed by atoms with Crippen LogP contribution in [-0.4, -0.2) is 53.6 Å². The first-order chi connectivity index (χ1) is 12.0. The Morgan fingerprint density at radius 1 is 1.12 bits per heavy atom. The van der Waals surface area contributed by atoms with Crippen LogP contribution in [0.1, 0.15) is 36.8 Å². The molecule has 0 radical (unpaired) electrons. The highest BCUT2D eigenvalue weighted by atomic mass is 19.1. The lowest BCUT2D eigenvalue weighted by molar-refractivity contribution is -0.136. The maximum Gasteiger partial charge on any atom is 0.322 e. The number of nitrogens with one attached hydrogen (secondary N) is 1. The molecule has 5 nitrogen and oxygen atoms in total. The Morgan fingerprint density at radius 2 is 1.84 bits per heavy atom. The van der Waals surface area contributed by atoms with E-state index in [1.54, 1.807) is 4.90 Å². The number of piperidine rings is 1. The van der Waals surface area contributed by atoms with Crippen LogP contribution in [0.15, 0.2) is 18.2 Å². The van der Waals surface area contributed by atoms with Gasteiger partial charge in [-0.05, 0) is 56.4 Å². The van der Waals surface area contributed by atoms with Crippen molar-refractivity contribution in [2.75, 3.05) is 25.0 Å². The monoisotopic (exact) mass is 347 g/mol. The largest absolute Gasteiger partial charge is 0.341 e. The van der Waals surface area contributed by atoms with Gasteiger partial charge in [0, 0.05) is 25.2 Å². The summed E-state index contributed by atoms with van der Waals surface area (Å²) in [5, 5.41) is 2.81.